The first kappa shape index (κ1) is 11.8. The monoisotopic (exact) mass is 236 g/mol. The molecule has 0 spiro atoms. The second-order valence-electron chi connectivity index (χ2n) is 4.17. The molecule has 6 nitrogen and oxygen atoms in total. The normalized spacial score (nSPS) is 21.1. The van der Waals surface area contributed by atoms with Crippen molar-refractivity contribution in [1.82, 2.24) is 19.8 Å². The van der Waals surface area contributed by atoms with Crippen LogP contribution in [0.4, 0.5) is 0 Å². The first-order valence-corrected chi connectivity index (χ1v) is 5.61. The van der Waals surface area contributed by atoms with E-state index in [1.54, 1.807) is 12.5 Å². The summed E-state index contributed by atoms with van der Waals surface area (Å²) in [6, 6.07) is -0.302. The van der Waals surface area contributed by atoms with Gasteiger partial charge in [0.25, 0.3) is 5.91 Å². The summed E-state index contributed by atoms with van der Waals surface area (Å²) in [5.74, 6) is -0.266. The van der Waals surface area contributed by atoms with Gasteiger partial charge in [-0.3, -0.25) is 14.5 Å². The number of amides is 2. The Hall–Kier alpha value is -1.69. The van der Waals surface area contributed by atoms with Crippen LogP contribution in [0, 0.1) is 0 Å². The molecule has 1 N–H and O–H groups in total. The molecular weight excluding hydrogens is 220 g/mol. The van der Waals surface area contributed by atoms with Crippen molar-refractivity contribution in [3.63, 3.8) is 0 Å². The van der Waals surface area contributed by atoms with Crippen LogP contribution in [0.1, 0.15) is 24.6 Å². The number of nitrogens with one attached hydrogen (secondary N) is 1. The van der Waals surface area contributed by atoms with E-state index in [0.717, 1.165) is 5.69 Å². The second kappa shape index (κ2) is 4.67. The van der Waals surface area contributed by atoms with Gasteiger partial charge in [-0.05, 0) is 13.5 Å². The van der Waals surface area contributed by atoms with Crippen LogP contribution >= 0.6 is 0 Å². The maximum Gasteiger partial charge on any atom is 0.252 e. The van der Waals surface area contributed by atoms with Crippen molar-refractivity contribution in [1.29, 1.82) is 0 Å². The number of likely N-dealkylation sites (N-methyl/N-ethyl adjacent to an activating group) is 1. The molecular formula is C11H16N4O2. The zero-order chi connectivity index (χ0) is 12.4. The summed E-state index contributed by atoms with van der Waals surface area (Å²) in [4.78, 5) is 28.7. The quantitative estimate of drug-likeness (QED) is 0.746. The molecule has 0 aromatic carbocycles. The summed E-state index contributed by atoms with van der Waals surface area (Å²) in [5.41, 5.74) is 0.952. The van der Waals surface area contributed by atoms with E-state index in [-0.39, 0.29) is 17.9 Å². The molecule has 0 saturated carbocycles. The molecule has 1 aliphatic rings. The maximum atomic E-state index is 12.0. The van der Waals surface area contributed by atoms with Crippen molar-refractivity contribution < 1.29 is 9.59 Å². The topological polar surface area (TPSA) is 67.2 Å². The molecule has 1 unspecified atom stereocenters. The van der Waals surface area contributed by atoms with Crippen LogP contribution in [-0.4, -0.2) is 40.4 Å². The number of likely N-dealkylation sites (tertiary alicyclic amines) is 1. The van der Waals surface area contributed by atoms with Crippen molar-refractivity contribution in [2.24, 2.45) is 0 Å². The Morgan fingerprint density at radius 2 is 2.29 bits per heavy atom. The fourth-order valence-corrected chi connectivity index (χ4v) is 2.09. The highest BCUT2D eigenvalue weighted by atomic mass is 16.2. The first-order valence-electron chi connectivity index (χ1n) is 5.61. The highest BCUT2D eigenvalue weighted by molar-refractivity contribution is 5.99. The molecule has 1 fully saturated rings. The van der Waals surface area contributed by atoms with Crippen LogP contribution in [0.15, 0.2) is 12.5 Å². The van der Waals surface area contributed by atoms with Crippen LogP contribution < -0.4 is 5.32 Å². The molecule has 92 valence electrons. The predicted molar refractivity (Wildman–Crippen MR) is 61.0 cm³/mol. The SMILES string of the molecule is CNCc1cncn1C1CCC(=O)N(C)C1=O. The molecule has 0 radical (unpaired) electrons. The Morgan fingerprint density at radius 1 is 1.53 bits per heavy atom. The Kier molecular flexibility index (Phi) is 3.23. The predicted octanol–water partition coefficient (Wildman–Crippen LogP) is -0.0776. The van der Waals surface area contributed by atoms with E-state index >= 15 is 0 Å². The van der Waals surface area contributed by atoms with Gasteiger partial charge in [-0.2, -0.15) is 0 Å². The molecule has 2 amide bonds. The van der Waals surface area contributed by atoms with Gasteiger partial charge in [-0.25, -0.2) is 4.98 Å². The van der Waals surface area contributed by atoms with E-state index in [9.17, 15) is 9.59 Å². The van der Waals surface area contributed by atoms with Crippen molar-refractivity contribution in [2.75, 3.05) is 14.1 Å². The lowest BCUT2D eigenvalue weighted by atomic mass is 10.0. The van der Waals surface area contributed by atoms with Gasteiger partial charge < -0.3 is 9.88 Å². The van der Waals surface area contributed by atoms with Gasteiger partial charge in [0.2, 0.25) is 5.91 Å². The number of nitrogens with zero attached hydrogens (tertiary/aromatic N) is 3. The number of rotatable bonds is 3. The standard InChI is InChI=1S/C11H16N4O2/c1-12-5-8-6-13-7-15(8)9-3-4-10(16)14(2)11(9)17/h6-7,9,12H,3-5H2,1-2H3. The Balaban J connectivity index is 2.24. The summed E-state index contributed by atoms with van der Waals surface area (Å²) in [5, 5.41) is 3.03. The molecule has 1 aromatic rings. The van der Waals surface area contributed by atoms with Crippen LogP contribution in [-0.2, 0) is 16.1 Å². The van der Waals surface area contributed by atoms with E-state index in [1.807, 2.05) is 11.6 Å². The summed E-state index contributed by atoms with van der Waals surface area (Å²) in [6.45, 7) is 0.654. The zero-order valence-electron chi connectivity index (χ0n) is 10.0. The lowest BCUT2D eigenvalue weighted by Gasteiger charge is -2.29. The van der Waals surface area contributed by atoms with Gasteiger partial charge in [0.15, 0.2) is 0 Å². The van der Waals surface area contributed by atoms with Gasteiger partial charge in [-0.1, -0.05) is 0 Å². The van der Waals surface area contributed by atoms with E-state index in [0.29, 0.717) is 19.4 Å². The third kappa shape index (κ3) is 2.08. The zero-order valence-corrected chi connectivity index (χ0v) is 10.0. The summed E-state index contributed by atoms with van der Waals surface area (Å²) in [7, 11) is 3.38. The average Bonchev–Trinajstić information content (AvgIpc) is 2.75. The van der Waals surface area contributed by atoms with E-state index in [2.05, 4.69) is 10.3 Å². The minimum absolute atomic E-state index is 0.110. The van der Waals surface area contributed by atoms with Crippen molar-refractivity contribution in [3.8, 4) is 0 Å². The number of imidazole rings is 1. The largest absolute Gasteiger partial charge is 0.321 e. The molecule has 1 saturated heterocycles. The number of carbonyl (C=O) groups is 2. The van der Waals surface area contributed by atoms with Crippen LogP contribution in [0.3, 0.4) is 0 Å². The van der Waals surface area contributed by atoms with Crippen molar-refractivity contribution >= 4 is 11.8 Å². The molecule has 1 aliphatic heterocycles. The summed E-state index contributed by atoms with van der Waals surface area (Å²) < 4.78 is 1.85. The highest BCUT2D eigenvalue weighted by Gasteiger charge is 2.33. The third-order valence-electron chi connectivity index (χ3n) is 3.06. The number of piperidine rings is 1. The minimum atomic E-state index is -0.302. The summed E-state index contributed by atoms with van der Waals surface area (Å²) >= 11 is 0. The van der Waals surface area contributed by atoms with Crippen LogP contribution in [0.25, 0.3) is 0 Å². The first-order chi connectivity index (χ1) is 8.15. The second-order valence-corrected chi connectivity index (χ2v) is 4.17. The van der Waals surface area contributed by atoms with Crippen LogP contribution in [0.2, 0.25) is 0 Å². The lowest BCUT2D eigenvalue weighted by molar-refractivity contribution is -0.149. The Morgan fingerprint density at radius 3 is 3.00 bits per heavy atom. The molecule has 0 aliphatic carbocycles. The molecule has 2 heterocycles. The molecule has 1 aromatic heterocycles. The van der Waals surface area contributed by atoms with Crippen LogP contribution in [0.5, 0.6) is 0 Å². The molecule has 1 atom stereocenters. The Bertz CT molecular complexity index is 440. The Labute approximate surface area is 99.6 Å². The summed E-state index contributed by atoms with van der Waals surface area (Å²) in [6.07, 6.45) is 4.35. The minimum Gasteiger partial charge on any atom is -0.321 e. The number of aromatic nitrogens is 2. The smallest absolute Gasteiger partial charge is 0.252 e. The van der Waals surface area contributed by atoms with E-state index < -0.39 is 0 Å². The van der Waals surface area contributed by atoms with Gasteiger partial charge >= 0.3 is 0 Å². The fourth-order valence-electron chi connectivity index (χ4n) is 2.09. The third-order valence-corrected chi connectivity index (χ3v) is 3.06. The molecule has 6 heteroatoms. The van der Waals surface area contributed by atoms with Gasteiger partial charge in [0, 0.05) is 26.2 Å². The number of imide groups is 1. The van der Waals surface area contributed by atoms with Crippen molar-refractivity contribution in [3.05, 3.63) is 18.2 Å². The van der Waals surface area contributed by atoms with E-state index in [4.69, 9.17) is 0 Å². The highest BCUT2D eigenvalue weighted by Crippen LogP contribution is 2.24. The van der Waals surface area contributed by atoms with Gasteiger partial charge in [0.05, 0.1) is 12.0 Å². The average molecular weight is 236 g/mol. The number of hydrogen-bond donors (Lipinski definition) is 1. The molecule has 0 bridgehead atoms. The van der Waals surface area contributed by atoms with Gasteiger partial charge in [0.1, 0.15) is 6.04 Å². The number of carbonyl (C=O) groups excluding carboxylic acids is 2. The lowest BCUT2D eigenvalue weighted by Crippen LogP contribution is -2.43. The van der Waals surface area contributed by atoms with Crippen molar-refractivity contribution in [2.45, 2.75) is 25.4 Å². The van der Waals surface area contributed by atoms with E-state index in [1.165, 1.54) is 11.9 Å². The fraction of sp³-hybridized carbons (Fsp3) is 0.545. The molecule has 17 heavy (non-hydrogen) atoms. The molecule has 2 rings (SSSR count). The number of hydrogen-bond acceptors (Lipinski definition) is 4. The van der Waals surface area contributed by atoms with Gasteiger partial charge in [-0.15, -0.1) is 0 Å². The maximum absolute atomic E-state index is 12.0.